The van der Waals surface area contributed by atoms with Crippen LogP contribution < -0.4 is 0 Å². The molecule has 1 heterocycles. The van der Waals surface area contributed by atoms with Gasteiger partial charge in [-0.25, -0.2) is 4.79 Å². The number of aliphatic hydroxyl groups excluding tert-OH is 1. The molecule has 16 heavy (non-hydrogen) atoms. The molecular formula is C12H12O4. The predicted octanol–water partition coefficient (Wildman–Crippen LogP) is 2.02. The Kier molecular flexibility index (Phi) is 2.66. The molecule has 0 atom stereocenters. The first-order valence-electron chi connectivity index (χ1n) is 4.88. The van der Waals surface area contributed by atoms with E-state index in [9.17, 15) is 4.79 Å². The minimum atomic E-state index is -0.378. The maximum Gasteiger partial charge on any atom is 0.337 e. The zero-order valence-corrected chi connectivity index (χ0v) is 9.11. The van der Waals surface area contributed by atoms with Crippen LogP contribution in [0.15, 0.2) is 22.6 Å². The van der Waals surface area contributed by atoms with Crippen LogP contribution in [-0.4, -0.2) is 18.2 Å². The Labute approximate surface area is 92.4 Å². The summed E-state index contributed by atoms with van der Waals surface area (Å²) in [5.74, 6) is 0.108. The van der Waals surface area contributed by atoms with Crippen molar-refractivity contribution in [1.82, 2.24) is 0 Å². The number of ether oxygens (including phenoxy) is 1. The van der Waals surface area contributed by atoms with Crippen molar-refractivity contribution in [3.63, 3.8) is 0 Å². The van der Waals surface area contributed by atoms with Gasteiger partial charge in [-0.2, -0.15) is 0 Å². The molecule has 0 aliphatic heterocycles. The maximum absolute atomic E-state index is 11.4. The lowest BCUT2D eigenvalue weighted by Crippen LogP contribution is -2.01. The minimum absolute atomic E-state index is 0.151. The quantitative estimate of drug-likeness (QED) is 0.786. The average Bonchev–Trinajstić information content (AvgIpc) is 2.71. The highest BCUT2D eigenvalue weighted by Crippen LogP contribution is 2.24. The molecule has 0 bridgehead atoms. The third kappa shape index (κ3) is 1.67. The Balaban J connectivity index is 2.61. The van der Waals surface area contributed by atoms with Crippen molar-refractivity contribution in [1.29, 1.82) is 0 Å². The standard InChI is InChI=1S/C12H12O4/c1-7-3-9(12(14)15-2)4-8-5-10(6-13)16-11(7)8/h3-5,13H,6H2,1-2H3. The maximum atomic E-state index is 11.4. The zero-order valence-electron chi connectivity index (χ0n) is 9.11. The predicted molar refractivity (Wildman–Crippen MR) is 58.2 cm³/mol. The molecule has 0 aliphatic rings. The minimum Gasteiger partial charge on any atom is -0.465 e. The second kappa shape index (κ2) is 3.98. The number of methoxy groups -OCH3 is 1. The van der Waals surface area contributed by atoms with Crippen LogP contribution in [-0.2, 0) is 11.3 Å². The highest BCUT2D eigenvalue weighted by Gasteiger charge is 2.11. The fraction of sp³-hybridized carbons (Fsp3) is 0.250. The second-order valence-corrected chi connectivity index (χ2v) is 3.57. The van der Waals surface area contributed by atoms with E-state index >= 15 is 0 Å². The van der Waals surface area contributed by atoms with E-state index in [4.69, 9.17) is 9.52 Å². The first kappa shape index (κ1) is 10.7. The van der Waals surface area contributed by atoms with Gasteiger partial charge in [0, 0.05) is 5.39 Å². The number of carbonyl (C=O) groups excluding carboxylic acids is 1. The normalized spacial score (nSPS) is 10.7. The van der Waals surface area contributed by atoms with Gasteiger partial charge in [0.15, 0.2) is 0 Å². The molecule has 0 spiro atoms. The summed E-state index contributed by atoms with van der Waals surface area (Å²) in [5.41, 5.74) is 2.02. The number of carbonyl (C=O) groups is 1. The van der Waals surface area contributed by atoms with Crippen molar-refractivity contribution < 1.29 is 19.1 Å². The fourth-order valence-electron chi connectivity index (χ4n) is 1.70. The van der Waals surface area contributed by atoms with Crippen LogP contribution in [0.1, 0.15) is 21.7 Å². The van der Waals surface area contributed by atoms with E-state index in [1.165, 1.54) is 7.11 Å². The van der Waals surface area contributed by atoms with Crippen LogP contribution in [0.2, 0.25) is 0 Å². The number of fused-ring (bicyclic) bond motifs is 1. The van der Waals surface area contributed by atoms with Gasteiger partial charge in [0.1, 0.15) is 18.0 Å². The topological polar surface area (TPSA) is 59.7 Å². The summed E-state index contributed by atoms with van der Waals surface area (Å²) in [5, 5.41) is 9.76. The van der Waals surface area contributed by atoms with E-state index in [-0.39, 0.29) is 12.6 Å². The molecule has 0 unspecified atom stereocenters. The number of rotatable bonds is 2. The fourth-order valence-corrected chi connectivity index (χ4v) is 1.70. The van der Waals surface area contributed by atoms with Crippen molar-refractivity contribution in [3.05, 3.63) is 35.1 Å². The van der Waals surface area contributed by atoms with Gasteiger partial charge in [-0.15, -0.1) is 0 Å². The molecule has 0 saturated heterocycles. The van der Waals surface area contributed by atoms with Gasteiger partial charge in [-0.05, 0) is 30.7 Å². The molecule has 4 nitrogen and oxygen atoms in total. The Morgan fingerprint density at radius 2 is 2.19 bits per heavy atom. The Morgan fingerprint density at radius 1 is 1.44 bits per heavy atom. The number of esters is 1. The van der Waals surface area contributed by atoms with Gasteiger partial charge in [-0.1, -0.05) is 0 Å². The monoisotopic (exact) mass is 220 g/mol. The van der Waals surface area contributed by atoms with Crippen LogP contribution in [0.25, 0.3) is 11.0 Å². The summed E-state index contributed by atoms with van der Waals surface area (Å²) in [7, 11) is 1.34. The average molecular weight is 220 g/mol. The van der Waals surface area contributed by atoms with Crippen molar-refractivity contribution in [2.24, 2.45) is 0 Å². The van der Waals surface area contributed by atoms with Gasteiger partial charge >= 0.3 is 5.97 Å². The summed E-state index contributed by atoms with van der Waals surface area (Å²) in [4.78, 5) is 11.4. The highest BCUT2D eigenvalue weighted by atomic mass is 16.5. The zero-order chi connectivity index (χ0) is 11.7. The van der Waals surface area contributed by atoms with Crippen LogP contribution >= 0.6 is 0 Å². The van der Waals surface area contributed by atoms with Gasteiger partial charge < -0.3 is 14.3 Å². The lowest BCUT2D eigenvalue weighted by atomic mass is 10.1. The number of hydrogen-bond donors (Lipinski definition) is 1. The number of aryl methyl sites for hydroxylation is 1. The van der Waals surface area contributed by atoms with Crippen molar-refractivity contribution in [3.8, 4) is 0 Å². The van der Waals surface area contributed by atoms with Crippen LogP contribution in [0.3, 0.4) is 0 Å². The SMILES string of the molecule is COC(=O)c1cc(C)c2oc(CO)cc2c1. The van der Waals surface area contributed by atoms with Gasteiger partial charge in [-0.3, -0.25) is 0 Å². The molecule has 0 saturated carbocycles. The van der Waals surface area contributed by atoms with Crippen LogP contribution in [0.4, 0.5) is 0 Å². The summed E-state index contributed by atoms with van der Waals surface area (Å²) in [6, 6.07) is 5.12. The molecule has 0 aliphatic carbocycles. The van der Waals surface area contributed by atoms with E-state index in [0.717, 1.165) is 10.9 Å². The summed E-state index contributed by atoms with van der Waals surface area (Å²) < 4.78 is 10.1. The van der Waals surface area contributed by atoms with E-state index in [0.29, 0.717) is 16.9 Å². The Bertz CT molecular complexity index is 539. The molecule has 84 valence electrons. The number of benzene rings is 1. The van der Waals surface area contributed by atoms with Gasteiger partial charge in [0.25, 0.3) is 0 Å². The number of furan rings is 1. The van der Waals surface area contributed by atoms with Crippen LogP contribution in [0, 0.1) is 6.92 Å². The molecule has 0 amide bonds. The first-order chi connectivity index (χ1) is 7.65. The summed E-state index contributed by atoms with van der Waals surface area (Å²) >= 11 is 0. The molecule has 4 heteroatoms. The van der Waals surface area contributed by atoms with Gasteiger partial charge in [0.05, 0.1) is 12.7 Å². The number of aliphatic hydroxyl groups is 1. The van der Waals surface area contributed by atoms with Crippen molar-refractivity contribution in [2.45, 2.75) is 13.5 Å². The lowest BCUT2D eigenvalue weighted by molar-refractivity contribution is 0.0601. The second-order valence-electron chi connectivity index (χ2n) is 3.57. The Hall–Kier alpha value is -1.81. The van der Waals surface area contributed by atoms with E-state index < -0.39 is 0 Å². The molecule has 2 aromatic rings. The molecule has 0 radical (unpaired) electrons. The third-order valence-corrected chi connectivity index (χ3v) is 2.43. The molecule has 2 rings (SSSR count). The summed E-state index contributed by atoms with van der Waals surface area (Å²) in [6.45, 7) is 1.70. The number of hydrogen-bond acceptors (Lipinski definition) is 4. The van der Waals surface area contributed by atoms with E-state index in [1.807, 2.05) is 6.92 Å². The van der Waals surface area contributed by atoms with E-state index in [1.54, 1.807) is 18.2 Å². The van der Waals surface area contributed by atoms with Crippen molar-refractivity contribution in [2.75, 3.05) is 7.11 Å². The molecule has 0 fully saturated rings. The molecule has 1 aromatic carbocycles. The van der Waals surface area contributed by atoms with Gasteiger partial charge in [0.2, 0.25) is 0 Å². The third-order valence-electron chi connectivity index (χ3n) is 2.43. The van der Waals surface area contributed by atoms with Crippen LogP contribution in [0.5, 0.6) is 0 Å². The molecule has 1 N–H and O–H groups in total. The van der Waals surface area contributed by atoms with E-state index in [2.05, 4.69) is 4.74 Å². The first-order valence-corrected chi connectivity index (χ1v) is 4.88. The smallest absolute Gasteiger partial charge is 0.337 e. The lowest BCUT2D eigenvalue weighted by Gasteiger charge is -2.01. The largest absolute Gasteiger partial charge is 0.465 e. The molecule has 1 aromatic heterocycles. The molecular weight excluding hydrogens is 208 g/mol. The Morgan fingerprint density at radius 3 is 2.81 bits per heavy atom. The summed E-state index contributed by atoms with van der Waals surface area (Å²) in [6.07, 6.45) is 0. The van der Waals surface area contributed by atoms with Crippen molar-refractivity contribution >= 4 is 16.9 Å². The highest BCUT2D eigenvalue weighted by molar-refractivity contribution is 5.95.